The average Bonchev–Trinajstić information content (AvgIpc) is 3.04. The Kier molecular flexibility index (Phi) is 4.65. The van der Waals surface area contributed by atoms with E-state index in [1.165, 1.54) is 18.2 Å². The molecule has 0 unspecified atom stereocenters. The molecule has 0 saturated carbocycles. The molecular formula is C18H14ClNO4S. The minimum Gasteiger partial charge on any atom is -0.451 e. The molecule has 3 rings (SSSR count). The second-order valence-corrected chi connectivity index (χ2v) is 7.82. The smallest absolute Gasteiger partial charge is 0.291 e. The Morgan fingerprint density at radius 1 is 1.04 bits per heavy atom. The van der Waals surface area contributed by atoms with Crippen LogP contribution in [0, 0.1) is 0 Å². The Hall–Kier alpha value is -2.57. The maximum absolute atomic E-state index is 12.3. The predicted molar refractivity (Wildman–Crippen MR) is 96.7 cm³/mol. The van der Waals surface area contributed by atoms with E-state index < -0.39 is 15.7 Å². The van der Waals surface area contributed by atoms with Gasteiger partial charge < -0.3 is 9.73 Å². The molecule has 2 aromatic carbocycles. The maximum atomic E-state index is 12.3. The highest BCUT2D eigenvalue weighted by Crippen LogP contribution is 2.29. The van der Waals surface area contributed by atoms with Crippen molar-refractivity contribution in [2.45, 2.75) is 4.90 Å². The van der Waals surface area contributed by atoms with Gasteiger partial charge in [0.25, 0.3) is 5.91 Å². The molecule has 1 amide bonds. The molecule has 1 heterocycles. The first-order chi connectivity index (χ1) is 11.8. The van der Waals surface area contributed by atoms with Crippen molar-refractivity contribution < 1.29 is 17.6 Å². The van der Waals surface area contributed by atoms with Gasteiger partial charge in [0.1, 0.15) is 5.76 Å². The van der Waals surface area contributed by atoms with Crippen molar-refractivity contribution in [1.29, 1.82) is 0 Å². The number of carbonyl (C=O) groups excluding carboxylic acids is 1. The van der Waals surface area contributed by atoms with Crippen LogP contribution in [0.2, 0.25) is 5.02 Å². The van der Waals surface area contributed by atoms with E-state index in [9.17, 15) is 13.2 Å². The van der Waals surface area contributed by atoms with E-state index in [2.05, 4.69) is 5.32 Å². The van der Waals surface area contributed by atoms with Gasteiger partial charge >= 0.3 is 0 Å². The van der Waals surface area contributed by atoms with Crippen LogP contribution in [0.25, 0.3) is 11.3 Å². The third-order valence-electron chi connectivity index (χ3n) is 3.49. The zero-order chi connectivity index (χ0) is 18.0. The van der Waals surface area contributed by atoms with Crippen LogP contribution in [-0.2, 0) is 9.84 Å². The Morgan fingerprint density at radius 2 is 1.80 bits per heavy atom. The summed E-state index contributed by atoms with van der Waals surface area (Å²) in [7, 11) is -3.35. The number of anilines is 1. The number of hydrogen-bond acceptors (Lipinski definition) is 4. The molecule has 25 heavy (non-hydrogen) atoms. The van der Waals surface area contributed by atoms with E-state index in [4.69, 9.17) is 16.0 Å². The summed E-state index contributed by atoms with van der Waals surface area (Å²) in [5.74, 6) is 0.0873. The second kappa shape index (κ2) is 6.74. The molecule has 0 aliphatic carbocycles. The first-order valence-electron chi connectivity index (χ1n) is 7.31. The predicted octanol–water partition coefficient (Wildman–Crippen LogP) is 4.26. The van der Waals surface area contributed by atoms with Crippen LogP contribution in [0.1, 0.15) is 10.6 Å². The topological polar surface area (TPSA) is 76.4 Å². The molecule has 0 atom stereocenters. The zero-order valence-electron chi connectivity index (χ0n) is 13.2. The lowest BCUT2D eigenvalue weighted by molar-refractivity contribution is 0.0997. The Bertz CT molecular complexity index is 1040. The van der Waals surface area contributed by atoms with Crippen molar-refractivity contribution in [2.75, 3.05) is 11.6 Å². The molecule has 0 spiro atoms. The van der Waals surface area contributed by atoms with E-state index >= 15 is 0 Å². The minimum atomic E-state index is -3.35. The molecule has 1 N–H and O–H groups in total. The first kappa shape index (κ1) is 17.3. The number of furan rings is 1. The van der Waals surface area contributed by atoms with Crippen LogP contribution in [0.15, 0.2) is 70.0 Å². The largest absolute Gasteiger partial charge is 0.451 e. The Morgan fingerprint density at radius 3 is 2.52 bits per heavy atom. The van der Waals surface area contributed by atoms with Gasteiger partial charge in [-0.25, -0.2) is 8.42 Å². The van der Waals surface area contributed by atoms with E-state index in [-0.39, 0.29) is 10.7 Å². The fraction of sp³-hybridized carbons (Fsp3) is 0.0556. The van der Waals surface area contributed by atoms with Crippen molar-refractivity contribution >= 4 is 33.0 Å². The maximum Gasteiger partial charge on any atom is 0.291 e. The monoisotopic (exact) mass is 375 g/mol. The van der Waals surface area contributed by atoms with E-state index in [0.717, 1.165) is 6.26 Å². The number of sulfone groups is 1. The number of halogens is 1. The molecule has 128 valence electrons. The molecular weight excluding hydrogens is 362 g/mol. The molecule has 0 radical (unpaired) electrons. The average molecular weight is 376 g/mol. The zero-order valence-corrected chi connectivity index (χ0v) is 14.8. The van der Waals surface area contributed by atoms with E-state index in [1.807, 2.05) is 6.07 Å². The molecule has 1 aromatic heterocycles. The number of nitrogens with one attached hydrogen (secondary N) is 1. The number of hydrogen-bond donors (Lipinski definition) is 1. The van der Waals surface area contributed by atoms with Crippen molar-refractivity contribution in [1.82, 2.24) is 0 Å². The summed E-state index contributed by atoms with van der Waals surface area (Å²) in [5, 5.41) is 3.14. The molecule has 0 aliphatic heterocycles. The second-order valence-electron chi connectivity index (χ2n) is 5.40. The fourth-order valence-corrected chi connectivity index (χ4v) is 3.16. The highest BCUT2D eigenvalue weighted by molar-refractivity contribution is 7.90. The molecule has 7 heteroatoms. The van der Waals surface area contributed by atoms with Crippen molar-refractivity contribution in [3.05, 3.63) is 71.4 Å². The number of carbonyl (C=O) groups is 1. The summed E-state index contributed by atoms with van der Waals surface area (Å²) in [5.41, 5.74) is 1.05. The van der Waals surface area contributed by atoms with Crippen LogP contribution in [0.3, 0.4) is 0 Å². The molecule has 0 aliphatic rings. The van der Waals surface area contributed by atoms with Gasteiger partial charge in [-0.05, 0) is 42.5 Å². The summed E-state index contributed by atoms with van der Waals surface area (Å²) in [6, 6.07) is 16.4. The van der Waals surface area contributed by atoms with Crippen molar-refractivity contribution in [3.8, 4) is 11.3 Å². The molecule has 0 bridgehead atoms. The van der Waals surface area contributed by atoms with Crippen LogP contribution in [-0.4, -0.2) is 20.6 Å². The lowest BCUT2D eigenvalue weighted by atomic mass is 10.2. The summed E-state index contributed by atoms with van der Waals surface area (Å²) in [4.78, 5) is 12.4. The quantitative estimate of drug-likeness (QED) is 0.739. The van der Waals surface area contributed by atoms with Crippen molar-refractivity contribution in [3.63, 3.8) is 0 Å². The Balaban J connectivity index is 1.83. The first-order valence-corrected chi connectivity index (χ1v) is 9.58. The molecule has 0 fully saturated rings. The van der Waals surface area contributed by atoms with Gasteiger partial charge in [-0.2, -0.15) is 0 Å². The van der Waals surface area contributed by atoms with Gasteiger partial charge in [-0.1, -0.05) is 29.8 Å². The van der Waals surface area contributed by atoms with Gasteiger partial charge in [-0.15, -0.1) is 0 Å². The highest BCUT2D eigenvalue weighted by Gasteiger charge is 2.15. The third-order valence-corrected chi connectivity index (χ3v) is 4.93. The van der Waals surface area contributed by atoms with Crippen LogP contribution >= 0.6 is 11.6 Å². The molecule has 5 nitrogen and oxygen atoms in total. The standard InChI is InChI=1S/C18H14ClNO4S/c1-25(22,23)13-6-4-5-12(11-13)20-18(21)17-10-9-16(24-17)14-7-2-3-8-15(14)19/h2-11H,1H3,(H,20,21). The number of benzene rings is 2. The lowest BCUT2D eigenvalue weighted by Crippen LogP contribution is -2.11. The lowest BCUT2D eigenvalue weighted by Gasteiger charge is -2.05. The normalized spacial score (nSPS) is 11.3. The van der Waals surface area contributed by atoms with Gasteiger partial charge in [0, 0.05) is 17.5 Å². The molecule has 3 aromatic rings. The van der Waals surface area contributed by atoms with Gasteiger partial charge in [0.15, 0.2) is 15.6 Å². The van der Waals surface area contributed by atoms with Crippen LogP contribution in [0.5, 0.6) is 0 Å². The number of rotatable bonds is 4. The third kappa shape index (κ3) is 3.92. The van der Waals surface area contributed by atoms with Crippen LogP contribution in [0.4, 0.5) is 5.69 Å². The van der Waals surface area contributed by atoms with Gasteiger partial charge in [0.2, 0.25) is 0 Å². The summed E-state index contributed by atoms with van der Waals surface area (Å²) in [6.07, 6.45) is 1.11. The summed E-state index contributed by atoms with van der Waals surface area (Å²) >= 11 is 6.12. The van der Waals surface area contributed by atoms with Gasteiger partial charge in [0.05, 0.1) is 9.92 Å². The fourth-order valence-electron chi connectivity index (χ4n) is 2.26. The highest BCUT2D eigenvalue weighted by atomic mass is 35.5. The minimum absolute atomic E-state index is 0.0969. The van der Waals surface area contributed by atoms with Crippen LogP contribution < -0.4 is 5.32 Å². The van der Waals surface area contributed by atoms with Crippen molar-refractivity contribution in [2.24, 2.45) is 0 Å². The molecule has 0 saturated heterocycles. The summed E-state index contributed by atoms with van der Waals surface area (Å²) in [6.45, 7) is 0. The number of amides is 1. The van der Waals surface area contributed by atoms with Gasteiger partial charge in [-0.3, -0.25) is 4.79 Å². The summed E-state index contributed by atoms with van der Waals surface area (Å²) < 4.78 is 28.7. The Labute approximate surface area is 150 Å². The SMILES string of the molecule is CS(=O)(=O)c1cccc(NC(=O)c2ccc(-c3ccccc3Cl)o2)c1. The van der Waals surface area contributed by atoms with E-state index in [1.54, 1.807) is 36.4 Å². The van der Waals surface area contributed by atoms with E-state index in [0.29, 0.717) is 22.0 Å².